The summed E-state index contributed by atoms with van der Waals surface area (Å²) in [6.07, 6.45) is 0. The highest BCUT2D eigenvalue weighted by Crippen LogP contribution is 2.46. The highest BCUT2D eigenvalue weighted by Gasteiger charge is 2.26. The molecule has 0 unspecified atom stereocenters. The summed E-state index contributed by atoms with van der Waals surface area (Å²) in [5, 5.41) is 16.7. The topological polar surface area (TPSA) is 72.3 Å². The molecule has 15 rings (SSSR count). The van der Waals surface area contributed by atoms with Gasteiger partial charge in [0, 0.05) is 49.4 Å². The van der Waals surface area contributed by atoms with E-state index in [1.807, 2.05) is 60.7 Å². The summed E-state index contributed by atoms with van der Waals surface area (Å²) >= 11 is 0. The van der Waals surface area contributed by atoms with Crippen molar-refractivity contribution in [3.63, 3.8) is 0 Å². The molecule has 3 aromatic heterocycles. The first kappa shape index (κ1) is 59.1. The zero-order chi connectivity index (χ0) is 65.0. The summed E-state index contributed by atoms with van der Waals surface area (Å²) in [5.74, 6) is 1.66. The molecule has 15 aromatic rings. The first-order valence-corrected chi connectivity index (χ1v) is 32.5. The molecule has 6 heteroatoms. The van der Waals surface area contributed by atoms with Crippen LogP contribution in [0.3, 0.4) is 0 Å². The summed E-state index contributed by atoms with van der Waals surface area (Å²) in [6, 6.07) is 82.1. The molecule has 0 aliphatic rings. The van der Waals surface area contributed by atoms with E-state index in [-0.39, 0.29) is 0 Å². The number of hydrogen-bond acceptors (Lipinski definition) is 4. The summed E-state index contributed by atoms with van der Waals surface area (Å²) in [4.78, 5) is 15.7. The van der Waals surface area contributed by atoms with Gasteiger partial charge in [0.2, 0.25) is 0 Å². The third kappa shape index (κ3) is 10.1. The lowest BCUT2D eigenvalue weighted by atomic mass is 9.91. The van der Waals surface area contributed by atoms with Gasteiger partial charge in [-0.15, -0.1) is 0 Å². The van der Waals surface area contributed by atoms with Crippen LogP contribution in [-0.2, 0) is 0 Å². The molecule has 0 saturated carbocycles. The molecule has 12 aromatic carbocycles. The fraction of sp³-hybridized carbons (Fsp3) is 0.136. The van der Waals surface area contributed by atoms with Crippen molar-refractivity contribution in [1.82, 2.24) is 24.1 Å². The van der Waals surface area contributed by atoms with Crippen molar-refractivity contribution >= 4 is 43.6 Å². The number of nitrogens with zero attached hydrogens (tertiary/aromatic N) is 6. The first-order chi connectivity index (χ1) is 45.5. The Kier molecular flexibility index (Phi) is 14.5. The molecule has 3 heterocycles. The van der Waals surface area contributed by atoms with Gasteiger partial charge in [0.15, 0.2) is 17.5 Å². The molecule has 0 saturated heterocycles. The first-order valence-electron chi connectivity index (χ1n) is 32.5. The van der Waals surface area contributed by atoms with Gasteiger partial charge in [-0.05, 0) is 245 Å². The van der Waals surface area contributed by atoms with E-state index in [9.17, 15) is 5.26 Å². The molecule has 0 radical (unpaired) electrons. The maximum atomic E-state index is 12.2. The summed E-state index contributed by atoms with van der Waals surface area (Å²) in [7, 11) is 0. The Morgan fingerprint density at radius 3 is 0.904 bits per heavy atom. The van der Waals surface area contributed by atoms with Gasteiger partial charge < -0.3 is 9.13 Å². The van der Waals surface area contributed by atoms with Crippen LogP contribution in [0, 0.1) is 94.4 Å². The number of hydrogen-bond donors (Lipinski definition) is 0. The molecule has 454 valence electrons. The molecular weight excluding hydrogens is 1140 g/mol. The van der Waals surface area contributed by atoms with Gasteiger partial charge in [0.1, 0.15) is 6.07 Å². The normalized spacial score (nSPS) is 11.6. The van der Waals surface area contributed by atoms with Crippen molar-refractivity contribution in [1.29, 1.82) is 5.26 Å². The van der Waals surface area contributed by atoms with Gasteiger partial charge in [0.05, 0.1) is 39.0 Å². The molecule has 0 amide bonds. The largest absolute Gasteiger partial charge is 0.309 e. The molecule has 0 fully saturated rings. The zero-order valence-corrected chi connectivity index (χ0v) is 55.5. The van der Waals surface area contributed by atoms with Crippen LogP contribution in [0.15, 0.2) is 218 Å². The van der Waals surface area contributed by atoms with E-state index in [1.54, 1.807) is 0 Å². The second-order valence-electron chi connectivity index (χ2n) is 26.3. The summed E-state index contributed by atoms with van der Waals surface area (Å²) < 4.78 is 4.74. The second-order valence-corrected chi connectivity index (χ2v) is 26.3. The maximum Gasteiger partial charge on any atom is 0.164 e. The van der Waals surface area contributed by atoms with Crippen LogP contribution >= 0.6 is 0 Å². The minimum Gasteiger partial charge on any atom is -0.309 e. The average Bonchev–Trinajstić information content (AvgIpc) is 1.55. The van der Waals surface area contributed by atoms with Crippen molar-refractivity contribution in [2.45, 2.75) is 83.1 Å². The Morgan fingerprint density at radius 2 is 0.574 bits per heavy atom. The van der Waals surface area contributed by atoms with Crippen LogP contribution < -0.4 is 0 Å². The molecule has 94 heavy (non-hydrogen) atoms. The Hall–Kier alpha value is -11.3. The Bertz CT molecular complexity index is 5310. The number of fused-ring (bicyclic) bond motifs is 6. The lowest BCUT2D eigenvalue weighted by Gasteiger charge is -2.19. The molecule has 0 spiro atoms. The quantitative estimate of drug-likeness (QED) is 0.137. The Labute approximate surface area is 550 Å². The third-order valence-electron chi connectivity index (χ3n) is 19.3. The molecule has 0 atom stereocenters. The van der Waals surface area contributed by atoms with E-state index in [4.69, 9.17) is 15.0 Å². The van der Waals surface area contributed by atoms with E-state index < -0.39 is 0 Å². The molecule has 0 bridgehead atoms. The minimum absolute atomic E-state index is 0.520. The SMILES string of the molecule is Cc1cc(C)c(-c2ccc3c(c2)c2cc(-c4c(C)cc(C)cc4C)ccc2n3-c2ccc(-c3nc(-c4ccccc4)nc(-c4ccccc4)n3)cc2-c2cccc(-n3c4ccc(-c5c(C)cc(C)cc5C)cc4c4cc(-c5c(C)cc(C)cc5C)ccc43)c2C#N)c(C)c1. The molecule has 6 nitrogen and oxygen atoms in total. The van der Waals surface area contributed by atoms with Crippen LogP contribution in [0.1, 0.15) is 72.3 Å². The van der Waals surface area contributed by atoms with Gasteiger partial charge in [0.25, 0.3) is 0 Å². The van der Waals surface area contributed by atoms with Crippen LogP contribution in [0.5, 0.6) is 0 Å². The monoisotopic (exact) mass is 1210 g/mol. The maximum absolute atomic E-state index is 12.2. The van der Waals surface area contributed by atoms with Crippen molar-refractivity contribution in [2.75, 3.05) is 0 Å². The van der Waals surface area contributed by atoms with Crippen LogP contribution in [0.2, 0.25) is 0 Å². The van der Waals surface area contributed by atoms with E-state index >= 15 is 0 Å². The second kappa shape index (κ2) is 23.1. The highest BCUT2D eigenvalue weighted by molar-refractivity contribution is 6.14. The number of aromatic nitrogens is 5. The van der Waals surface area contributed by atoms with Gasteiger partial charge >= 0.3 is 0 Å². The van der Waals surface area contributed by atoms with Crippen LogP contribution in [0.25, 0.3) is 145 Å². The van der Waals surface area contributed by atoms with E-state index in [2.05, 4.69) is 256 Å². The molecule has 0 N–H and O–H groups in total. The number of rotatable bonds is 10. The molecule has 0 aliphatic heterocycles. The molecule has 0 aliphatic carbocycles. The third-order valence-corrected chi connectivity index (χ3v) is 19.3. The minimum atomic E-state index is 0.520. The van der Waals surface area contributed by atoms with Gasteiger partial charge in [-0.2, -0.15) is 5.26 Å². The predicted octanol–water partition coefficient (Wildman–Crippen LogP) is 23.0. The van der Waals surface area contributed by atoms with Gasteiger partial charge in [-0.3, -0.25) is 0 Å². The number of aryl methyl sites for hydroxylation is 12. The van der Waals surface area contributed by atoms with Crippen molar-refractivity contribution in [3.8, 4) is 107 Å². The molecular formula is C88H72N6. The van der Waals surface area contributed by atoms with Gasteiger partial charge in [-0.1, -0.05) is 168 Å². The van der Waals surface area contributed by atoms with E-state index in [1.165, 1.54) is 100 Å². The predicted molar refractivity (Wildman–Crippen MR) is 394 cm³/mol. The average molecular weight is 1210 g/mol. The van der Waals surface area contributed by atoms with Gasteiger partial charge in [-0.25, -0.2) is 15.0 Å². The van der Waals surface area contributed by atoms with Crippen LogP contribution in [0.4, 0.5) is 0 Å². The lowest BCUT2D eigenvalue weighted by Crippen LogP contribution is -2.04. The fourth-order valence-corrected chi connectivity index (χ4v) is 15.8. The zero-order valence-electron chi connectivity index (χ0n) is 55.5. The van der Waals surface area contributed by atoms with E-state index in [0.29, 0.717) is 23.0 Å². The van der Waals surface area contributed by atoms with Crippen molar-refractivity contribution in [3.05, 3.63) is 291 Å². The lowest BCUT2D eigenvalue weighted by molar-refractivity contribution is 1.07. The Balaban J connectivity index is 1.02. The van der Waals surface area contributed by atoms with Crippen molar-refractivity contribution in [2.24, 2.45) is 0 Å². The van der Waals surface area contributed by atoms with Crippen LogP contribution in [-0.4, -0.2) is 24.1 Å². The summed E-state index contributed by atoms with van der Waals surface area (Å²) in [5.41, 5.74) is 35.1. The Morgan fingerprint density at radius 1 is 0.266 bits per heavy atom. The fourth-order valence-electron chi connectivity index (χ4n) is 15.8. The highest BCUT2D eigenvalue weighted by atomic mass is 15.0. The standard InChI is InChI=1S/C88H72N6/c1-50-36-54(5)82(55(6)37-50)64-26-31-78-71(44-64)72-45-65(83-56(7)38-51(2)39-57(83)8)27-32-79(72)93(78)76-25-19-24-69(75(76)49-89)70-48-68(88-91-86(62-20-15-13-16-21-62)90-87(92-88)63-22-17-14-18-23-63)30-35-77(70)94-80-33-28-66(84-58(9)40-52(3)41-59(84)10)46-73(80)74-47-67(29-34-81(74)94)85-60(11)42-53(4)43-61(85)12/h13-48H,1-12H3. The number of benzene rings is 12. The smallest absolute Gasteiger partial charge is 0.164 e. The van der Waals surface area contributed by atoms with Crippen molar-refractivity contribution < 1.29 is 0 Å². The number of nitriles is 1. The van der Waals surface area contributed by atoms with E-state index in [0.717, 1.165) is 93.9 Å². The summed E-state index contributed by atoms with van der Waals surface area (Å²) in [6.45, 7) is 26.5.